The highest BCUT2D eigenvalue weighted by molar-refractivity contribution is 6.34. The molecule has 1 rings (SSSR count). The van der Waals surface area contributed by atoms with Crippen molar-refractivity contribution in [1.29, 1.82) is 0 Å². The van der Waals surface area contributed by atoms with Gasteiger partial charge in [-0.2, -0.15) is 0 Å². The Morgan fingerprint density at radius 2 is 1.81 bits per heavy atom. The number of methoxy groups -OCH3 is 1. The summed E-state index contributed by atoms with van der Waals surface area (Å²) in [6.07, 6.45) is 0. The second kappa shape index (κ2) is 4.80. The first-order valence-corrected chi connectivity index (χ1v) is 5.60. The van der Waals surface area contributed by atoms with Crippen molar-refractivity contribution >= 4 is 23.2 Å². The van der Waals surface area contributed by atoms with Crippen LogP contribution in [0.3, 0.4) is 0 Å². The van der Waals surface area contributed by atoms with E-state index in [4.69, 9.17) is 39.4 Å². The summed E-state index contributed by atoms with van der Waals surface area (Å²) in [6, 6.07) is 2.95. The summed E-state index contributed by atoms with van der Waals surface area (Å²) in [5.41, 5.74) is 12.1. The van der Waals surface area contributed by atoms with Gasteiger partial charge in [-0.1, -0.05) is 23.2 Å². The predicted octanol–water partition coefficient (Wildman–Crippen LogP) is 2.74. The van der Waals surface area contributed by atoms with Gasteiger partial charge >= 0.3 is 0 Å². The van der Waals surface area contributed by atoms with Crippen LogP contribution in [0.25, 0.3) is 0 Å². The molecule has 5 heteroatoms. The smallest absolute Gasteiger partial charge is 0.138 e. The number of hydrogen-bond donors (Lipinski definition) is 2. The van der Waals surface area contributed by atoms with Gasteiger partial charge in [-0.05, 0) is 25.5 Å². The van der Waals surface area contributed by atoms with E-state index in [9.17, 15) is 0 Å². The van der Waals surface area contributed by atoms with Gasteiger partial charge in [0.2, 0.25) is 0 Å². The average molecular weight is 263 g/mol. The van der Waals surface area contributed by atoms with Gasteiger partial charge in [0.1, 0.15) is 5.75 Å². The van der Waals surface area contributed by atoms with Gasteiger partial charge in [-0.3, -0.25) is 0 Å². The van der Waals surface area contributed by atoms with E-state index in [0.717, 1.165) is 5.56 Å². The molecule has 4 N–H and O–H groups in total. The molecule has 1 aromatic rings. The first-order chi connectivity index (χ1) is 7.27. The standard InChI is InChI=1S/C11H16Cl2N2O/c1-11(2,15)10(14)6-4-8(13)9(16-3)5-7(6)12/h4-5,10H,14-15H2,1-3H3. The molecule has 0 bridgehead atoms. The van der Waals surface area contributed by atoms with E-state index in [-0.39, 0.29) is 6.04 Å². The number of ether oxygens (including phenoxy) is 1. The third-order valence-corrected chi connectivity index (χ3v) is 3.03. The lowest BCUT2D eigenvalue weighted by Gasteiger charge is -2.28. The Morgan fingerprint density at radius 1 is 1.25 bits per heavy atom. The molecule has 0 radical (unpaired) electrons. The van der Waals surface area contributed by atoms with Crippen LogP contribution in [0.5, 0.6) is 5.75 Å². The van der Waals surface area contributed by atoms with E-state index >= 15 is 0 Å². The Balaban J connectivity index is 3.21. The van der Waals surface area contributed by atoms with Crippen molar-refractivity contribution in [2.45, 2.75) is 25.4 Å². The second-order valence-corrected chi connectivity index (χ2v) is 5.12. The van der Waals surface area contributed by atoms with Gasteiger partial charge < -0.3 is 16.2 Å². The van der Waals surface area contributed by atoms with Crippen molar-refractivity contribution in [3.63, 3.8) is 0 Å². The Kier molecular flexibility index (Phi) is 4.07. The van der Waals surface area contributed by atoms with Crippen LogP contribution in [0.4, 0.5) is 0 Å². The molecule has 0 saturated heterocycles. The van der Waals surface area contributed by atoms with Crippen molar-refractivity contribution in [2.24, 2.45) is 11.5 Å². The maximum atomic E-state index is 6.11. The molecule has 90 valence electrons. The summed E-state index contributed by atoms with van der Waals surface area (Å²) in [5, 5.41) is 0.980. The summed E-state index contributed by atoms with van der Waals surface area (Å²) in [6.45, 7) is 3.68. The molecule has 0 amide bonds. The van der Waals surface area contributed by atoms with E-state index < -0.39 is 5.54 Å². The fraction of sp³-hybridized carbons (Fsp3) is 0.455. The van der Waals surface area contributed by atoms with Gasteiger partial charge in [0, 0.05) is 22.7 Å². The molecule has 0 aromatic heterocycles. The Labute approximate surface area is 106 Å². The Morgan fingerprint density at radius 3 is 2.25 bits per heavy atom. The molecule has 1 atom stereocenters. The summed E-state index contributed by atoms with van der Waals surface area (Å²) < 4.78 is 5.06. The molecule has 0 spiro atoms. The normalized spacial score (nSPS) is 13.7. The number of hydrogen-bond acceptors (Lipinski definition) is 3. The minimum absolute atomic E-state index is 0.386. The number of rotatable bonds is 3. The minimum Gasteiger partial charge on any atom is -0.495 e. The van der Waals surface area contributed by atoms with E-state index in [1.807, 2.05) is 13.8 Å². The minimum atomic E-state index is -0.568. The quantitative estimate of drug-likeness (QED) is 0.881. The second-order valence-electron chi connectivity index (χ2n) is 4.31. The molecule has 0 aliphatic carbocycles. The van der Waals surface area contributed by atoms with Crippen LogP contribution in [0.2, 0.25) is 10.0 Å². The number of halogens is 2. The summed E-state index contributed by atoms with van der Waals surface area (Å²) in [5.74, 6) is 0.525. The average Bonchev–Trinajstić information content (AvgIpc) is 2.18. The number of nitrogens with two attached hydrogens (primary N) is 2. The zero-order valence-corrected chi connectivity index (χ0v) is 11.1. The fourth-order valence-electron chi connectivity index (χ4n) is 1.34. The lowest BCUT2D eigenvalue weighted by molar-refractivity contribution is 0.409. The van der Waals surface area contributed by atoms with Gasteiger partial charge in [-0.15, -0.1) is 0 Å². The molecule has 1 aromatic carbocycles. The van der Waals surface area contributed by atoms with Crippen LogP contribution in [0.1, 0.15) is 25.5 Å². The molecule has 0 aliphatic rings. The molecule has 0 heterocycles. The molecule has 0 fully saturated rings. The van der Waals surface area contributed by atoms with Crippen molar-refractivity contribution in [1.82, 2.24) is 0 Å². The lowest BCUT2D eigenvalue weighted by Crippen LogP contribution is -2.43. The van der Waals surface area contributed by atoms with E-state index in [1.54, 1.807) is 12.1 Å². The van der Waals surface area contributed by atoms with Gasteiger partial charge in [0.15, 0.2) is 0 Å². The third-order valence-electron chi connectivity index (χ3n) is 2.41. The predicted molar refractivity (Wildman–Crippen MR) is 68.2 cm³/mol. The highest BCUT2D eigenvalue weighted by atomic mass is 35.5. The zero-order chi connectivity index (χ0) is 12.5. The van der Waals surface area contributed by atoms with Crippen molar-refractivity contribution < 1.29 is 4.74 Å². The van der Waals surface area contributed by atoms with Crippen molar-refractivity contribution in [2.75, 3.05) is 7.11 Å². The summed E-state index contributed by atoms with van der Waals surface area (Å²) in [7, 11) is 1.53. The monoisotopic (exact) mass is 262 g/mol. The molecule has 0 saturated carbocycles. The molecule has 3 nitrogen and oxygen atoms in total. The zero-order valence-electron chi connectivity index (χ0n) is 9.55. The SMILES string of the molecule is COc1cc(Cl)c(C(N)C(C)(C)N)cc1Cl. The van der Waals surface area contributed by atoms with E-state index in [0.29, 0.717) is 15.8 Å². The third kappa shape index (κ3) is 2.80. The van der Waals surface area contributed by atoms with E-state index in [1.165, 1.54) is 7.11 Å². The maximum Gasteiger partial charge on any atom is 0.138 e. The fourth-order valence-corrected chi connectivity index (χ4v) is 1.86. The highest BCUT2D eigenvalue weighted by Gasteiger charge is 2.25. The molecule has 1 unspecified atom stereocenters. The molecular weight excluding hydrogens is 247 g/mol. The Bertz CT molecular complexity index is 388. The maximum absolute atomic E-state index is 6.11. The summed E-state index contributed by atoms with van der Waals surface area (Å²) >= 11 is 12.1. The van der Waals surface area contributed by atoms with Crippen LogP contribution >= 0.6 is 23.2 Å². The van der Waals surface area contributed by atoms with Gasteiger partial charge in [0.05, 0.1) is 12.1 Å². The first kappa shape index (κ1) is 13.6. The van der Waals surface area contributed by atoms with Gasteiger partial charge in [0.25, 0.3) is 0 Å². The van der Waals surface area contributed by atoms with Crippen LogP contribution in [-0.4, -0.2) is 12.6 Å². The molecule has 16 heavy (non-hydrogen) atoms. The summed E-state index contributed by atoms with van der Waals surface area (Å²) in [4.78, 5) is 0. The van der Waals surface area contributed by atoms with Gasteiger partial charge in [-0.25, -0.2) is 0 Å². The lowest BCUT2D eigenvalue weighted by atomic mass is 9.90. The van der Waals surface area contributed by atoms with Crippen LogP contribution < -0.4 is 16.2 Å². The Hall–Kier alpha value is -0.480. The highest BCUT2D eigenvalue weighted by Crippen LogP contribution is 2.35. The largest absolute Gasteiger partial charge is 0.495 e. The van der Waals surface area contributed by atoms with Crippen LogP contribution in [0.15, 0.2) is 12.1 Å². The van der Waals surface area contributed by atoms with Crippen molar-refractivity contribution in [3.8, 4) is 5.75 Å². The number of benzene rings is 1. The molecular formula is C11H16Cl2N2O. The van der Waals surface area contributed by atoms with Crippen LogP contribution in [-0.2, 0) is 0 Å². The first-order valence-electron chi connectivity index (χ1n) is 4.84. The van der Waals surface area contributed by atoms with E-state index in [2.05, 4.69) is 0 Å². The van der Waals surface area contributed by atoms with Crippen LogP contribution in [0, 0.1) is 0 Å². The topological polar surface area (TPSA) is 61.3 Å². The molecule has 0 aliphatic heterocycles. The van der Waals surface area contributed by atoms with Crippen molar-refractivity contribution in [3.05, 3.63) is 27.7 Å².